The number of hydrogen-bond donors (Lipinski definition) is 1. The lowest BCUT2D eigenvalue weighted by molar-refractivity contribution is 0.101. The molecular weight excluding hydrogens is 377 g/mol. The Morgan fingerprint density at radius 1 is 1.16 bits per heavy atom. The van der Waals surface area contributed by atoms with E-state index in [1.165, 1.54) is 24.2 Å². The van der Waals surface area contributed by atoms with Crippen LogP contribution in [0.25, 0.3) is 10.1 Å². The summed E-state index contributed by atoms with van der Waals surface area (Å²) in [5.74, 6) is 0.367. The third kappa shape index (κ3) is 3.71. The molecule has 0 fully saturated rings. The lowest BCUT2D eigenvalue weighted by Crippen LogP contribution is -2.47. The van der Waals surface area contributed by atoms with Gasteiger partial charge in [-0.2, -0.15) is 0 Å². The van der Waals surface area contributed by atoms with Crippen LogP contribution in [0.1, 0.15) is 41.3 Å². The molecule has 0 unspecified atom stereocenters. The van der Waals surface area contributed by atoms with Crippen molar-refractivity contribution in [3.63, 3.8) is 0 Å². The highest BCUT2D eigenvalue weighted by atomic mass is 35.5. The lowest BCUT2D eigenvalue weighted by atomic mass is 10.1. The van der Waals surface area contributed by atoms with E-state index >= 15 is 0 Å². The molecule has 1 aromatic carbocycles. The summed E-state index contributed by atoms with van der Waals surface area (Å²) in [4.78, 5) is 28.1. The number of thioether (sulfide) groups is 1. The van der Waals surface area contributed by atoms with Crippen LogP contribution in [0.2, 0.25) is 0 Å². The Balaban J connectivity index is 2.12. The highest BCUT2D eigenvalue weighted by molar-refractivity contribution is 7.98. The van der Waals surface area contributed by atoms with E-state index in [0.717, 1.165) is 5.56 Å². The van der Waals surface area contributed by atoms with E-state index in [-0.39, 0.29) is 16.8 Å². The molecule has 0 saturated carbocycles. The summed E-state index contributed by atoms with van der Waals surface area (Å²) in [5, 5.41) is 2.45. The molecule has 3 rings (SSSR count). The Labute approximate surface area is 159 Å². The van der Waals surface area contributed by atoms with Crippen LogP contribution in [0.5, 0.6) is 0 Å². The molecule has 0 bridgehead atoms. The number of benzene rings is 1. The van der Waals surface area contributed by atoms with Gasteiger partial charge in [0.05, 0.1) is 21.2 Å². The van der Waals surface area contributed by atoms with Crippen LogP contribution in [0.3, 0.4) is 0 Å². The van der Waals surface area contributed by atoms with Crippen molar-refractivity contribution in [2.24, 2.45) is 0 Å². The van der Waals surface area contributed by atoms with Crippen molar-refractivity contribution in [2.75, 3.05) is 0 Å². The van der Waals surface area contributed by atoms with E-state index in [9.17, 15) is 9.59 Å². The van der Waals surface area contributed by atoms with Crippen molar-refractivity contribution in [1.82, 2.24) is 4.98 Å². The summed E-state index contributed by atoms with van der Waals surface area (Å²) in [7, 11) is 0. The SMILES string of the molecule is CC(=O)c1c(SCc2ccc(C)cc2)[nH]c2c(c1=O)=C(Cl)CCC=2Cl. The van der Waals surface area contributed by atoms with Crippen LogP contribution >= 0.6 is 35.0 Å². The van der Waals surface area contributed by atoms with Crippen LogP contribution in [-0.2, 0) is 5.75 Å². The molecule has 0 spiro atoms. The van der Waals surface area contributed by atoms with Gasteiger partial charge in [-0.05, 0) is 32.3 Å². The second-order valence-corrected chi connectivity index (χ2v) is 7.95. The molecule has 1 N–H and O–H groups in total. The average molecular weight is 394 g/mol. The lowest BCUT2D eigenvalue weighted by Gasteiger charge is -2.12. The number of carbonyl (C=O) groups is 1. The predicted octanol–water partition coefficient (Wildman–Crippen LogP) is 3.67. The fourth-order valence-corrected chi connectivity index (χ4v) is 4.35. The summed E-state index contributed by atoms with van der Waals surface area (Å²) >= 11 is 14.0. The van der Waals surface area contributed by atoms with Gasteiger partial charge in [-0.3, -0.25) is 9.59 Å². The molecule has 6 heteroatoms. The zero-order valence-corrected chi connectivity index (χ0v) is 16.2. The van der Waals surface area contributed by atoms with Gasteiger partial charge >= 0.3 is 0 Å². The first-order valence-corrected chi connectivity index (χ1v) is 9.65. The van der Waals surface area contributed by atoms with E-state index < -0.39 is 0 Å². The van der Waals surface area contributed by atoms with Gasteiger partial charge in [-0.25, -0.2) is 0 Å². The number of aromatic nitrogens is 1. The third-order valence-corrected chi connectivity index (χ3v) is 5.96. The molecule has 25 heavy (non-hydrogen) atoms. The minimum atomic E-state index is -0.337. The first-order chi connectivity index (χ1) is 11.9. The van der Waals surface area contributed by atoms with E-state index in [1.807, 2.05) is 31.2 Å². The number of H-pyrrole nitrogens is 1. The van der Waals surface area contributed by atoms with Gasteiger partial charge in [0, 0.05) is 15.8 Å². The summed E-state index contributed by atoms with van der Waals surface area (Å²) in [6.07, 6.45) is 1.11. The normalized spacial score (nSPS) is 13.8. The number of nitrogens with one attached hydrogen (secondary N) is 1. The summed E-state index contributed by atoms with van der Waals surface area (Å²) in [6.45, 7) is 3.43. The van der Waals surface area contributed by atoms with Crippen molar-refractivity contribution in [3.8, 4) is 0 Å². The highest BCUT2D eigenvalue weighted by Crippen LogP contribution is 2.24. The first kappa shape index (κ1) is 18.3. The minimum absolute atomic E-state index is 0.153. The molecule has 2 aromatic rings. The number of pyridine rings is 1. The summed E-state index contributed by atoms with van der Waals surface area (Å²) in [6, 6.07) is 8.15. The highest BCUT2D eigenvalue weighted by Gasteiger charge is 2.20. The van der Waals surface area contributed by atoms with Crippen LogP contribution in [0, 0.1) is 6.92 Å². The zero-order chi connectivity index (χ0) is 18.1. The number of aromatic amines is 1. The Kier molecular flexibility index (Phi) is 5.42. The van der Waals surface area contributed by atoms with E-state index in [2.05, 4.69) is 4.98 Å². The second-order valence-electron chi connectivity index (χ2n) is 6.05. The fourth-order valence-electron chi connectivity index (χ4n) is 2.78. The molecule has 130 valence electrons. The maximum Gasteiger partial charge on any atom is 0.202 e. The van der Waals surface area contributed by atoms with Gasteiger partial charge in [0.1, 0.15) is 0 Å². The third-order valence-electron chi connectivity index (χ3n) is 4.13. The minimum Gasteiger partial charge on any atom is -0.348 e. The maximum absolute atomic E-state index is 12.9. The second kappa shape index (κ2) is 7.40. The Bertz CT molecular complexity index is 1020. The van der Waals surface area contributed by atoms with Gasteiger partial charge < -0.3 is 4.98 Å². The van der Waals surface area contributed by atoms with Gasteiger partial charge in [0.15, 0.2) is 5.78 Å². The Hall–Kier alpha value is -1.49. The molecule has 0 saturated heterocycles. The quantitative estimate of drug-likeness (QED) is 0.636. The van der Waals surface area contributed by atoms with Gasteiger partial charge in [-0.1, -0.05) is 53.0 Å². The Morgan fingerprint density at radius 2 is 1.80 bits per heavy atom. The molecule has 1 aliphatic rings. The molecule has 1 aromatic heterocycles. The van der Waals surface area contributed by atoms with E-state index in [1.54, 1.807) is 0 Å². The molecule has 0 amide bonds. The number of Topliss-reactive ketones (excluding diaryl/α,β-unsaturated/α-hetero) is 1. The molecule has 0 aliphatic heterocycles. The molecule has 0 atom stereocenters. The summed E-state index contributed by atoms with van der Waals surface area (Å²) in [5.41, 5.74) is 2.12. The number of rotatable bonds is 4. The predicted molar refractivity (Wildman–Crippen MR) is 105 cm³/mol. The zero-order valence-electron chi connectivity index (χ0n) is 13.9. The molecular formula is C19H17Cl2NO2S. The smallest absolute Gasteiger partial charge is 0.202 e. The largest absolute Gasteiger partial charge is 0.348 e. The number of hydrogen-bond acceptors (Lipinski definition) is 3. The first-order valence-electron chi connectivity index (χ1n) is 7.91. The topological polar surface area (TPSA) is 49.9 Å². The van der Waals surface area contributed by atoms with Gasteiger partial charge in [-0.15, -0.1) is 11.8 Å². The summed E-state index contributed by atoms with van der Waals surface area (Å²) < 4.78 is 0. The van der Waals surface area contributed by atoms with E-state index in [4.69, 9.17) is 23.2 Å². The molecule has 1 heterocycles. The van der Waals surface area contributed by atoms with Crippen LogP contribution in [-0.4, -0.2) is 10.8 Å². The van der Waals surface area contributed by atoms with Crippen molar-refractivity contribution in [1.29, 1.82) is 0 Å². The number of aryl methyl sites for hydroxylation is 1. The average Bonchev–Trinajstić information content (AvgIpc) is 2.57. The van der Waals surface area contributed by atoms with Crippen LogP contribution < -0.4 is 16.0 Å². The monoisotopic (exact) mass is 393 g/mol. The standard InChI is InChI=1S/C19H17Cl2NO2S/c1-10-3-5-12(6-4-10)9-25-19-15(11(2)23)18(24)16-13(20)7-8-14(21)17(16)22-19/h3-6,22H,7-9H2,1-2H3. The van der Waals surface area contributed by atoms with Crippen molar-refractivity contribution < 1.29 is 4.79 Å². The number of ketones is 1. The van der Waals surface area contributed by atoms with Crippen molar-refractivity contribution in [2.45, 2.75) is 37.5 Å². The van der Waals surface area contributed by atoms with E-state index in [0.29, 0.717) is 44.3 Å². The van der Waals surface area contributed by atoms with Gasteiger partial charge in [0.25, 0.3) is 0 Å². The molecule has 3 nitrogen and oxygen atoms in total. The van der Waals surface area contributed by atoms with Gasteiger partial charge in [0.2, 0.25) is 5.43 Å². The number of halogens is 2. The molecule has 0 radical (unpaired) electrons. The number of carbonyl (C=O) groups excluding carboxylic acids is 1. The van der Waals surface area contributed by atoms with Crippen LogP contribution in [0.15, 0.2) is 34.1 Å². The van der Waals surface area contributed by atoms with Crippen LogP contribution in [0.4, 0.5) is 0 Å². The number of fused-ring (bicyclic) bond motifs is 1. The Morgan fingerprint density at radius 3 is 2.44 bits per heavy atom. The van der Waals surface area contributed by atoms with Crippen molar-refractivity contribution >= 4 is 50.8 Å². The fraction of sp³-hybridized carbons (Fsp3) is 0.263. The maximum atomic E-state index is 12.9. The molecule has 1 aliphatic carbocycles. The van der Waals surface area contributed by atoms with Crippen molar-refractivity contribution in [3.05, 3.63) is 61.7 Å².